The molecule has 1 fully saturated rings. The van der Waals surface area contributed by atoms with E-state index in [0.717, 1.165) is 5.56 Å². The van der Waals surface area contributed by atoms with Gasteiger partial charge in [-0.25, -0.2) is 0 Å². The Kier molecular flexibility index (Phi) is 4.32. The summed E-state index contributed by atoms with van der Waals surface area (Å²) in [5.74, 6) is -0.850. The monoisotopic (exact) mass is 262 g/mol. The molecule has 4 nitrogen and oxygen atoms in total. The van der Waals surface area contributed by atoms with Crippen molar-refractivity contribution < 1.29 is 19.1 Å². The van der Waals surface area contributed by atoms with E-state index in [1.165, 1.54) is 0 Å². The highest BCUT2D eigenvalue weighted by Gasteiger charge is 2.42. The number of esters is 1. The van der Waals surface area contributed by atoms with Crippen molar-refractivity contribution in [2.75, 3.05) is 0 Å². The zero-order chi connectivity index (χ0) is 13.8. The van der Waals surface area contributed by atoms with E-state index in [9.17, 15) is 9.59 Å². The maximum atomic E-state index is 11.7. The van der Waals surface area contributed by atoms with Crippen LogP contribution in [0.25, 0.3) is 0 Å². The van der Waals surface area contributed by atoms with Gasteiger partial charge in [-0.3, -0.25) is 9.59 Å². The lowest BCUT2D eigenvalue weighted by Crippen LogP contribution is -2.48. The SMILES string of the molecule is C[C@@H]1[C@H](OCc2ccccc2)[C@@H](C)C(=O)O[C@H]1C=O. The van der Waals surface area contributed by atoms with Crippen molar-refractivity contribution >= 4 is 12.3 Å². The molecule has 0 radical (unpaired) electrons. The highest BCUT2D eigenvalue weighted by atomic mass is 16.6. The van der Waals surface area contributed by atoms with Crippen LogP contribution in [0, 0.1) is 11.8 Å². The van der Waals surface area contributed by atoms with Gasteiger partial charge in [0.2, 0.25) is 0 Å². The number of cyclic esters (lactones) is 1. The molecular formula is C15H18O4. The summed E-state index contributed by atoms with van der Waals surface area (Å²) in [4.78, 5) is 22.6. The second kappa shape index (κ2) is 5.97. The molecule has 0 amide bonds. The van der Waals surface area contributed by atoms with Gasteiger partial charge in [-0.2, -0.15) is 0 Å². The van der Waals surface area contributed by atoms with Crippen LogP contribution in [-0.2, 0) is 25.7 Å². The lowest BCUT2D eigenvalue weighted by Gasteiger charge is -2.36. The van der Waals surface area contributed by atoms with E-state index in [-0.39, 0.29) is 23.9 Å². The van der Waals surface area contributed by atoms with Crippen molar-refractivity contribution in [1.29, 1.82) is 0 Å². The van der Waals surface area contributed by atoms with Crippen molar-refractivity contribution in [2.45, 2.75) is 32.7 Å². The molecule has 1 aromatic carbocycles. The number of rotatable bonds is 4. The normalized spacial score (nSPS) is 30.7. The molecule has 1 heterocycles. The van der Waals surface area contributed by atoms with E-state index in [0.29, 0.717) is 12.9 Å². The van der Waals surface area contributed by atoms with Crippen LogP contribution in [0.2, 0.25) is 0 Å². The largest absolute Gasteiger partial charge is 0.454 e. The van der Waals surface area contributed by atoms with E-state index in [1.807, 2.05) is 37.3 Å². The number of hydrogen-bond acceptors (Lipinski definition) is 4. The summed E-state index contributed by atoms with van der Waals surface area (Å²) in [6.07, 6.45) is -0.325. The Bertz CT molecular complexity index is 443. The summed E-state index contributed by atoms with van der Waals surface area (Å²) in [6.45, 7) is 4.08. The zero-order valence-electron chi connectivity index (χ0n) is 11.1. The molecule has 1 aromatic rings. The van der Waals surface area contributed by atoms with Gasteiger partial charge < -0.3 is 9.47 Å². The van der Waals surface area contributed by atoms with Crippen LogP contribution in [0.4, 0.5) is 0 Å². The Morgan fingerprint density at radius 2 is 1.95 bits per heavy atom. The van der Waals surface area contributed by atoms with Gasteiger partial charge in [0.15, 0.2) is 12.4 Å². The van der Waals surface area contributed by atoms with E-state index in [4.69, 9.17) is 9.47 Å². The molecule has 19 heavy (non-hydrogen) atoms. The Balaban J connectivity index is 2.04. The summed E-state index contributed by atoms with van der Waals surface area (Å²) >= 11 is 0. The molecule has 4 heteroatoms. The van der Waals surface area contributed by atoms with Crippen molar-refractivity contribution in [1.82, 2.24) is 0 Å². The molecule has 0 bridgehead atoms. The predicted molar refractivity (Wildman–Crippen MR) is 69.3 cm³/mol. The first-order valence-corrected chi connectivity index (χ1v) is 6.44. The second-order valence-corrected chi connectivity index (χ2v) is 4.95. The fourth-order valence-electron chi connectivity index (χ4n) is 2.34. The number of benzene rings is 1. The molecule has 0 saturated carbocycles. The van der Waals surface area contributed by atoms with E-state index in [1.54, 1.807) is 6.92 Å². The minimum Gasteiger partial charge on any atom is -0.454 e. The summed E-state index contributed by atoms with van der Waals surface area (Å²) in [6, 6.07) is 9.75. The highest BCUT2D eigenvalue weighted by molar-refractivity contribution is 5.77. The Morgan fingerprint density at radius 1 is 1.26 bits per heavy atom. The molecule has 0 aromatic heterocycles. The number of ether oxygens (including phenoxy) is 2. The van der Waals surface area contributed by atoms with Gasteiger partial charge >= 0.3 is 5.97 Å². The second-order valence-electron chi connectivity index (χ2n) is 4.95. The molecule has 102 valence electrons. The third kappa shape index (κ3) is 3.01. The molecular weight excluding hydrogens is 244 g/mol. The summed E-state index contributed by atoms with van der Waals surface area (Å²) in [5.41, 5.74) is 1.04. The maximum Gasteiger partial charge on any atom is 0.312 e. The topological polar surface area (TPSA) is 52.6 Å². The quantitative estimate of drug-likeness (QED) is 0.615. The van der Waals surface area contributed by atoms with Crippen LogP contribution < -0.4 is 0 Å². The van der Waals surface area contributed by atoms with Crippen LogP contribution in [0.15, 0.2) is 30.3 Å². The fraction of sp³-hybridized carbons (Fsp3) is 0.467. The summed E-state index contributed by atoms with van der Waals surface area (Å²) in [5, 5.41) is 0. The molecule has 1 saturated heterocycles. The first-order valence-electron chi connectivity index (χ1n) is 6.44. The van der Waals surface area contributed by atoms with Crippen molar-refractivity contribution in [3.63, 3.8) is 0 Å². The van der Waals surface area contributed by atoms with E-state index < -0.39 is 6.10 Å². The minimum atomic E-state index is -0.704. The zero-order valence-corrected chi connectivity index (χ0v) is 11.1. The lowest BCUT2D eigenvalue weighted by atomic mass is 9.86. The van der Waals surface area contributed by atoms with E-state index >= 15 is 0 Å². The molecule has 0 spiro atoms. The summed E-state index contributed by atoms with van der Waals surface area (Å²) in [7, 11) is 0. The van der Waals surface area contributed by atoms with Gasteiger partial charge in [-0.1, -0.05) is 37.3 Å². The minimum absolute atomic E-state index is 0.131. The number of carbonyl (C=O) groups excluding carboxylic acids is 2. The highest BCUT2D eigenvalue weighted by Crippen LogP contribution is 2.28. The van der Waals surface area contributed by atoms with Crippen molar-refractivity contribution in [3.8, 4) is 0 Å². The van der Waals surface area contributed by atoms with Crippen LogP contribution in [0.1, 0.15) is 19.4 Å². The van der Waals surface area contributed by atoms with Crippen LogP contribution in [0.3, 0.4) is 0 Å². The first kappa shape index (κ1) is 13.7. The number of carbonyl (C=O) groups is 2. The standard InChI is InChI=1S/C15H18O4/c1-10-13(8-16)19-15(17)11(2)14(10)18-9-12-6-4-3-5-7-12/h3-8,10-11,13-14H,9H2,1-2H3/t10-,11+,13-,14-/m0/s1. The fourth-order valence-corrected chi connectivity index (χ4v) is 2.34. The Hall–Kier alpha value is -1.68. The van der Waals surface area contributed by atoms with Crippen molar-refractivity contribution in [2.24, 2.45) is 11.8 Å². The molecule has 0 unspecified atom stereocenters. The van der Waals surface area contributed by atoms with Gasteiger partial charge in [0.1, 0.15) is 0 Å². The first-order chi connectivity index (χ1) is 9.13. The molecule has 1 aliphatic rings. The third-order valence-corrected chi connectivity index (χ3v) is 3.57. The van der Waals surface area contributed by atoms with E-state index in [2.05, 4.69) is 0 Å². The molecule has 4 atom stereocenters. The Labute approximate surface area is 112 Å². The average molecular weight is 262 g/mol. The number of hydrogen-bond donors (Lipinski definition) is 0. The van der Waals surface area contributed by atoms with Gasteiger partial charge in [0.25, 0.3) is 0 Å². The van der Waals surface area contributed by atoms with Crippen LogP contribution in [-0.4, -0.2) is 24.5 Å². The van der Waals surface area contributed by atoms with Gasteiger partial charge in [0.05, 0.1) is 18.6 Å². The molecule has 1 aliphatic heterocycles. The van der Waals surface area contributed by atoms with Crippen molar-refractivity contribution in [3.05, 3.63) is 35.9 Å². The van der Waals surface area contributed by atoms with Crippen LogP contribution in [0.5, 0.6) is 0 Å². The summed E-state index contributed by atoms with van der Waals surface area (Å²) < 4.78 is 10.9. The van der Waals surface area contributed by atoms with Gasteiger partial charge in [-0.15, -0.1) is 0 Å². The van der Waals surface area contributed by atoms with Crippen LogP contribution >= 0.6 is 0 Å². The smallest absolute Gasteiger partial charge is 0.312 e. The molecule has 2 rings (SSSR count). The molecule has 0 aliphatic carbocycles. The van der Waals surface area contributed by atoms with Gasteiger partial charge in [-0.05, 0) is 12.5 Å². The lowest BCUT2D eigenvalue weighted by molar-refractivity contribution is -0.184. The Morgan fingerprint density at radius 3 is 2.58 bits per heavy atom. The average Bonchev–Trinajstić information content (AvgIpc) is 2.44. The third-order valence-electron chi connectivity index (χ3n) is 3.57. The maximum absolute atomic E-state index is 11.7. The number of aldehydes is 1. The predicted octanol–water partition coefficient (Wildman–Crippen LogP) is 1.97. The molecule has 0 N–H and O–H groups in total. The van der Waals surface area contributed by atoms with Gasteiger partial charge in [0, 0.05) is 5.92 Å².